The van der Waals surface area contributed by atoms with Gasteiger partial charge in [0.25, 0.3) is 0 Å². The molecule has 20 heavy (non-hydrogen) atoms. The van der Waals surface area contributed by atoms with E-state index in [2.05, 4.69) is 10.3 Å². The minimum atomic E-state index is -0.855. The minimum Gasteiger partial charge on any atom is -0.389 e. The van der Waals surface area contributed by atoms with Crippen LogP contribution in [0, 0.1) is 0 Å². The van der Waals surface area contributed by atoms with Crippen LogP contribution in [0.15, 0.2) is 12.3 Å². The average Bonchev–Trinajstić information content (AvgIpc) is 2.30. The first-order valence-electron chi connectivity index (χ1n) is 6.27. The predicted molar refractivity (Wildman–Crippen MR) is 81.3 cm³/mol. The van der Waals surface area contributed by atoms with E-state index in [0.717, 1.165) is 0 Å². The molecule has 2 N–H and O–H groups in total. The fourth-order valence-corrected chi connectivity index (χ4v) is 2.14. The molecular formula is C13H19Cl2N3O2. The summed E-state index contributed by atoms with van der Waals surface area (Å²) >= 11 is 11.7. The van der Waals surface area contributed by atoms with Crippen molar-refractivity contribution in [3.63, 3.8) is 0 Å². The highest BCUT2D eigenvalue weighted by Crippen LogP contribution is 2.22. The topological polar surface area (TPSA) is 65.5 Å². The number of anilines is 1. The van der Waals surface area contributed by atoms with Crippen molar-refractivity contribution in [1.82, 2.24) is 9.88 Å². The number of hydrogen-bond acceptors (Lipinski definition) is 4. The van der Waals surface area contributed by atoms with E-state index in [1.165, 1.54) is 12.3 Å². The number of rotatable bonds is 6. The SMILES string of the molecule is CCN(CC(=O)Nc1ncc(Cl)cc1Cl)CC(C)(C)O. The highest BCUT2D eigenvalue weighted by molar-refractivity contribution is 6.36. The third kappa shape index (κ3) is 6.05. The second-order valence-corrected chi connectivity index (χ2v) is 5.99. The maximum Gasteiger partial charge on any atom is 0.239 e. The molecule has 0 bridgehead atoms. The standard InChI is InChI=1S/C13H19Cl2N3O2/c1-4-18(8-13(2,3)20)7-11(19)17-12-10(15)5-9(14)6-16-12/h5-6,20H,4,7-8H2,1-3H3,(H,16,17,19). The zero-order valence-corrected chi connectivity index (χ0v) is 13.3. The molecule has 0 aromatic carbocycles. The van der Waals surface area contributed by atoms with Crippen LogP contribution in [0.3, 0.4) is 0 Å². The van der Waals surface area contributed by atoms with Gasteiger partial charge in [0.2, 0.25) is 5.91 Å². The molecule has 0 aliphatic carbocycles. The molecule has 0 saturated heterocycles. The van der Waals surface area contributed by atoms with Gasteiger partial charge in [0.05, 0.1) is 22.2 Å². The Labute approximate surface area is 128 Å². The van der Waals surface area contributed by atoms with Crippen LogP contribution in [0.5, 0.6) is 0 Å². The first kappa shape index (κ1) is 17.2. The molecule has 0 unspecified atom stereocenters. The van der Waals surface area contributed by atoms with E-state index in [0.29, 0.717) is 18.1 Å². The summed E-state index contributed by atoms with van der Waals surface area (Å²) < 4.78 is 0. The second kappa shape index (κ2) is 7.22. The van der Waals surface area contributed by atoms with Crippen molar-refractivity contribution >= 4 is 34.9 Å². The van der Waals surface area contributed by atoms with Crippen molar-refractivity contribution in [2.24, 2.45) is 0 Å². The van der Waals surface area contributed by atoms with Gasteiger partial charge in [-0.05, 0) is 26.5 Å². The number of pyridine rings is 1. The van der Waals surface area contributed by atoms with Crippen molar-refractivity contribution in [3.05, 3.63) is 22.3 Å². The lowest BCUT2D eigenvalue weighted by atomic mass is 10.1. The minimum absolute atomic E-state index is 0.154. The number of carbonyl (C=O) groups excluding carboxylic acids is 1. The molecule has 112 valence electrons. The van der Waals surface area contributed by atoms with E-state index in [-0.39, 0.29) is 23.3 Å². The van der Waals surface area contributed by atoms with Crippen LogP contribution in [0.2, 0.25) is 10.0 Å². The maximum absolute atomic E-state index is 11.9. The van der Waals surface area contributed by atoms with Gasteiger partial charge in [-0.3, -0.25) is 9.69 Å². The fourth-order valence-electron chi connectivity index (χ4n) is 1.71. The number of nitrogens with one attached hydrogen (secondary N) is 1. The second-order valence-electron chi connectivity index (χ2n) is 5.15. The molecule has 7 heteroatoms. The maximum atomic E-state index is 11.9. The summed E-state index contributed by atoms with van der Waals surface area (Å²) in [5, 5.41) is 13.1. The van der Waals surface area contributed by atoms with E-state index in [1.807, 2.05) is 11.8 Å². The van der Waals surface area contributed by atoms with Gasteiger partial charge in [-0.15, -0.1) is 0 Å². The zero-order chi connectivity index (χ0) is 15.3. The monoisotopic (exact) mass is 319 g/mol. The number of aromatic nitrogens is 1. The molecule has 1 heterocycles. The summed E-state index contributed by atoms with van der Waals surface area (Å²) in [5.74, 6) is 0.0354. The van der Waals surface area contributed by atoms with Gasteiger partial charge in [-0.1, -0.05) is 30.1 Å². The molecule has 0 spiro atoms. The van der Waals surface area contributed by atoms with Crippen LogP contribution < -0.4 is 5.32 Å². The van der Waals surface area contributed by atoms with Crippen LogP contribution >= 0.6 is 23.2 Å². The van der Waals surface area contributed by atoms with Gasteiger partial charge in [0.15, 0.2) is 5.82 Å². The van der Waals surface area contributed by atoms with Crippen molar-refractivity contribution in [2.45, 2.75) is 26.4 Å². The Kier molecular flexibility index (Phi) is 6.20. The molecule has 0 saturated carbocycles. The molecule has 5 nitrogen and oxygen atoms in total. The molecule has 1 aromatic rings. The van der Waals surface area contributed by atoms with Crippen molar-refractivity contribution in [3.8, 4) is 0 Å². The predicted octanol–water partition coefficient (Wildman–Crippen LogP) is 2.42. The van der Waals surface area contributed by atoms with Crippen LogP contribution in [-0.2, 0) is 4.79 Å². The molecule has 0 radical (unpaired) electrons. The van der Waals surface area contributed by atoms with Crippen LogP contribution in [0.1, 0.15) is 20.8 Å². The molecular weight excluding hydrogens is 301 g/mol. The molecule has 0 fully saturated rings. The van der Waals surface area contributed by atoms with Gasteiger partial charge in [0.1, 0.15) is 0 Å². The largest absolute Gasteiger partial charge is 0.389 e. The zero-order valence-electron chi connectivity index (χ0n) is 11.8. The summed E-state index contributed by atoms with van der Waals surface area (Å²) in [4.78, 5) is 17.7. The van der Waals surface area contributed by atoms with Crippen molar-refractivity contribution in [2.75, 3.05) is 25.0 Å². The molecule has 1 aromatic heterocycles. The number of hydrogen-bond donors (Lipinski definition) is 2. The molecule has 1 rings (SSSR count). The normalized spacial score (nSPS) is 11.8. The summed E-state index contributed by atoms with van der Waals surface area (Å²) in [6.45, 7) is 6.53. The van der Waals surface area contributed by atoms with Crippen molar-refractivity contribution in [1.29, 1.82) is 0 Å². The van der Waals surface area contributed by atoms with Gasteiger partial charge in [0, 0.05) is 12.7 Å². The quantitative estimate of drug-likeness (QED) is 0.845. The van der Waals surface area contributed by atoms with E-state index in [1.54, 1.807) is 13.8 Å². The van der Waals surface area contributed by atoms with Crippen LogP contribution in [0.4, 0.5) is 5.82 Å². The van der Waals surface area contributed by atoms with Crippen LogP contribution in [-0.4, -0.2) is 46.1 Å². The van der Waals surface area contributed by atoms with E-state index in [4.69, 9.17) is 23.2 Å². The Balaban J connectivity index is 2.62. The molecule has 0 aliphatic heterocycles. The Morgan fingerprint density at radius 2 is 2.15 bits per heavy atom. The van der Waals surface area contributed by atoms with Gasteiger partial charge in [-0.2, -0.15) is 0 Å². The average molecular weight is 320 g/mol. The number of halogens is 2. The van der Waals surface area contributed by atoms with Crippen LogP contribution in [0.25, 0.3) is 0 Å². The molecule has 0 aliphatic rings. The molecule has 1 amide bonds. The van der Waals surface area contributed by atoms with Gasteiger partial charge < -0.3 is 10.4 Å². The van der Waals surface area contributed by atoms with E-state index < -0.39 is 5.60 Å². The van der Waals surface area contributed by atoms with Gasteiger partial charge >= 0.3 is 0 Å². The van der Waals surface area contributed by atoms with Gasteiger partial charge in [-0.25, -0.2) is 4.98 Å². The number of amides is 1. The van der Waals surface area contributed by atoms with Crippen molar-refractivity contribution < 1.29 is 9.90 Å². The Morgan fingerprint density at radius 3 is 2.65 bits per heavy atom. The third-order valence-electron chi connectivity index (χ3n) is 2.49. The fraction of sp³-hybridized carbons (Fsp3) is 0.538. The number of nitrogens with zero attached hydrogens (tertiary/aromatic N) is 2. The van der Waals surface area contributed by atoms with E-state index in [9.17, 15) is 9.90 Å². The lowest BCUT2D eigenvalue weighted by Crippen LogP contribution is -2.42. The lowest BCUT2D eigenvalue weighted by molar-refractivity contribution is -0.117. The number of aliphatic hydroxyl groups is 1. The summed E-state index contributed by atoms with van der Waals surface area (Å²) in [6.07, 6.45) is 1.41. The Morgan fingerprint density at radius 1 is 1.50 bits per heavy atom. The summed E-state index contributed by atoms with van der Waals surface area (Å²) in [5.41, 5.74) is -0.855. The summed E-state index contributed by atoms with van der Waals surface area (Å²) in [6, 6.07) is 1.51. The third-order valence-corrected chi connectivity index (χ3v) is 2.99. The molecule has 0 atom stereocenters. The smallest absolute Gasteiger partial charge is 0.239 e. The van der Waals surface area contributed by atoms with E-state index >= 15 is 0 Å². The highest BCUT2D eigenvalue weighted by atomic mass is 35.5. The number of carbonyl (C=O) groups is 1. The lowest BCUT2D eigenvalue weighted by Gasteiger charge is -2.27. The Bertz CT molecular complexity index is 475. The first-order chi connectivity index (χ1) is 9.21. The summed E-state index contributed by atoms with van der Waals surface area (Å²) in [7, 11) is 0. The highest BCUT2D eigenvalue weighted by Gasteiger charge is 2.19. The first-order valence-corrected chi connectivity index (χ1v) is 7.02. The Hall–Kier alpha value is -0.880. The number of likely N-dealkylation sites (N-methyl/N-ethyl adjacent to an activating group) is 1.